The van der Waals surface area contributed by atoms with Crippen molar-refractivity contribution in [3.63, 3.8) is 0 Å². The van der Waals surface area contributed by atoms with E-state index in [1.165, 1.54) is 0 Å². The van der Waals surface area contributed by atoms with Crippen LogP contribution >= 0.6 is 56.9 Å². The maximum atomic E-state index is 12.9. The predicted octanol–water partition coefficient (Wildman–Crippen LogP) is 3.08. The molecule has 0 spiro atoms. The molecule has 0 aliphatic carbocycles. The number of hydrogen-bond donors (Lipinski definition) is 0. The van der Waals surface area contributed by atoms with Gasteiger partial charge in [-0.25, -0.2) is 8.42 Å². The number of hydrogen-bond acceptors (Lipinski definition) is 4. The van der Waals surface area contributed by atoms with Crippen molar-refractivity contribution in [2.24, 2.45) is 0 Å². The maximum Gasteiger partial charge on any atom is 0.190 e. The zero-order valence-electron chi connectivity index (χ0n) is 9.68. The Morgan fingerprint density at radius 1 is 1.21 bits per heavy atom. The lowest BCUT2D eigenvalue weighted by Crippen LogP contribution is -2.49. The first-order chi connectivity index (χ1) is 8.98. The van der Waals surface area contributed by atoms with Crippen LogP contribution in [0.5, 0.6) is 5.75 Å². The van der Waals surface area contributed by atoms with Gasteiger partial charge in [0.1, 0.15) is 22.0 Å². The number of sulfone groups is 1. The molecule has 2 bridgehead atoms. The zero-order chi connectivity index (χ0) is 13.4. The Hall–Kier alpha value is 0.780. The van der Waals surface area contributed by atoms with E-state index in [2.05, 4.69) is 45.2 Å². The summed E-state index contributed by atoms with van der Waals surface area (Å²) in [5.41, 5.74) is 0. The molecule has 7 heteroatoms. The summed E-state index contributed by atoms with van der Waals surface area (Å²) in [7, 11) is -3.25. The molecule has 3 aliphatic rings. The average Bonchev–Trinajstić information content (AvgIpc) is 2.87. The summed E-state index contributed by atoms with van der Waals surface area (Å²) >= 11 is 6.12. The minimum Gasteiger partial charge on any atom is -0.486 e. The Labute approximate surface area is 143 Å². The highest BCUT2D eigenvalue weighted by Crippen LogP contribution is 2.54. The van der Waals surface area contributed by atoms with Crippen molar-refractivity contribution in [3.8, 4) is 5.75 Å². The van der Waals surface area contributed by atoms with Gasteiger partial charge in [0.15, 0.2) is 9.84 Å². The van der Waals surface area contributed by atoms with Gasteiger partial charge in [-0.15, -0.1) is 11.8 Å². The molecule has 3 aliphatic heterocycles. The second-order valence-corrected chi connectivity index (χ2v) is 11.0. The molecule has 1 aromatic carbocycles. The van der Waals surface area contributed by atoms with Gasteiger partial charge in [-0.3, -0.25) is 0 Å². The molecule has 2 fully saturated rings. The summed E-state index contributed by atoms with van der Waals surface area (Å²) in [6.07, 6.45) is 1.95. The molecule has 3 heterocycles. The van der Waals surface area contributed by atoms with Gasteiger partial charge in [-0.05, 0) is 70.2 Å². The smallest absolute Gasteiger partial charge is 0.190 e. The van der Waals surface area contributed by atoms with Crippen molar-refractivity contribution in [2.75, 3.05) is 0 Å². The summed E-state index contributed by atoms with van der Waals surface area (Å²) in [6, 6.07) is 3.75. The maximum absolute atomic E-state index is 12.9. The number of rotatable bonds is 0. The van der Waals surface area contributed by atoms with Crippen LogP contribution in [0.1, 0.15) is 12.8 Å². The quantitative estimate of drug-likeness (QED) is 0.494. The fourth-order valence-corrected chi connectivity index (χ4v) is 10.5. The third-order valence-corrected chi connectivity index (χ3v) is 10.1. The van der Waals surface area contributed by atoms with Crippen molar-refractivity contribution in [2.45, 2.75) is 39.6 Å². The van der Waals surface area contributed by atoms with Gasteiger partial charge in [0.05, 0.1) is 0 Å². The predicted molar refractivity (Wildman–Crippen MR) is 91.7 cm³/mol. The zero-order valence-corrected chi connectivity index (χ0v) is 15.6. The van der Waals surface area contributed by atoms with Crippen LogP contribution < -0.4 is 4.74 Å². The molecule has 19 heavy (non-hydrogen) atoms. The molecule has 0 N–H and O–H groups in total. The van der Waals surface area contributed by atoms with Gasteiger partial charge in [-0.1, -0.05) is 0 Å². The van der Waals surface area contributed by atoms with Gasteiger partial charge >= 0.3 is 0 Å². The summed E-state index contributed by atoms with van der Waals surface area (Å²) in [6.45, 7) is 0. The van der Waals surface area contributed by atoms with Crippen LogP contribution in [0.25, 0.3) is 0 Å². The van der Waals surface area contributed by atoms with Crippen LogP contribution in [0.2, 0.25) is 0 Å². The van der Waals surface area contributed by atoms with Gasteiger partial charge in [0, 0.05) is 17.6 Å². The minimum atomic E-state index is -3.25. The normalized spacial score (nSPS) is 37.6. The Morgan fingerprint density at radius 2 is 1.95 bits per heavy atom. The van der Waals surface area contributed by atoms with Crippen LogP contribution in [0, 0.1) is 7.14 Å². The van der Waals surface area contributed by atoms with Gasteiger partial charge in [0.2, 0.25) is 0 Å². The lowest BCUT2D eigenvalue weighted by atomic mass is 9.97. The number of thioether (sulfide) groups is 1. The molecule has 4 unspecified atom stereocenters. The van der Waals surface area contributed by atoms with E-state index in [9.17, 15) is 8.42 Å². The van der Waals surface area contributed by atoms with E-state index in [-0.39, 0.29) is 16.6 Å². The molecule has 4 rings (SSSR count). The monoisotopic (exact) mass is 520 g/mol. The lowest BCUT2D eigenvalue weighted by Gasteiger charge is -2.35. The molecule has 4 atom stereocenters. The Bertz CT molecular complexity index is 674. The first-order valence-corrected chi connectivity index (χ1v) is 10.7. The number of halogens is 2. The van der Waals surface area contributed by atoms with E-state index < -0.39 is 9.84 Å². The number of ether oxygens (including phenoxy) is 1. The highest BCUT2D eigenvalue weighted by Gasteiger charge is 2.59. The van der Waals surface area contributed by atoms with E-state index in [4.69, 9.17) is 4.74 Å². The van der Waals surface area contributed by atoms with Crippen molar-refractivity contribution in [1.82, 2.24) is 0 Å². The van der Waals surface area contributed by atoms with Crippen LogP contribution in [-0.2, 0) is 9.84 Å². The van der Waals surface area contributed by atoms with Crippen LogP contribution in [0.4, 0.5) is 0 Å². The largest absolute Gasteiger partial charge is 0.486 e. The van der Waals surface area contributed by atoms with Gasteiger partial charge in [0.25, 0.3) is 0 Å². The Balaban J connectivity index is 1.96. The van der Waals surface area contributed by atoms with E-state index in [0.717, 1.165) is 20.0 Å². The van der Waals surface area contributed by atoms with E-state index in [1.54, 1.807) is 0 Å². The highest BCUT2D eigenvalue weighted by molar-refractivity contribution is 14.1. The average molecular weight is 520 g/mol. The molecular weight excluding hydrogens is 510 g/mol. The molecule has 102 valence electrons. The second-order valence-electron chi connectivity index (χ2n) is 5.10. The summed E-state index contributed by atoms with van der Waals surface area (Å²) < 4.78 is 33.7. The molecule has 0 radical (unpaired) electrons. The van der Waals surface area contributed by atoms with Crippen LogP contribution in [-0.4, -0.2) is 30.3 Å². The number of fused-ring (bicyclic) bond motifs is 6. The molecule has 1 aromatic rings. The molecule has 0 amide bonds. The SMILES string of the molecule is O=S1(=O)c2c(I)cc(I)cc2OC2C3CCC(S3)C21. The highest BCUT2D eigenvalue weighted by atomic mass is 127. The van der Waals surface area contributed by atoms with E-state index in [1.807, 2.05) is 23.9 Å². The Morgan fingerprint density at radius 3 is 2.74 bits per heavy atom. The molecule has 2 saturated heterocycles. The molecule has 3 nitrogen and oxygen atoms in total. The third kappa shape index (κ3) is 1.83. The summed E-state index contributed by atoms with van der Waals surface area (Å²) in [5.74, 6) is 0.561. The molecule has 0 aromatic heterocycles. The lowest BCUT2D eigenvalue weighted by molar-refractivity contribution is 0.167. The van der Waals surface area contributed by atoms with Gasteiger partial charge < -0.3 is 4.74 Å². The standard InChI is InChI=1S/C12H10I2O3S2/c13-5-3-6(14)11-7(4-5)17-10-8-1-2-9(18-8)12(10)19(11,15)16/h3-4,8-10,12H,1-2H2. The molecule has 0 saturated carbocycles. The third-order valence-electron chi connectivity index (χ3n) is 4.02. The van der Waals surface area contributed by atoms with Crippen molar-refractivity contribution >= 4 is 66.8 Å². The van der Waals surface area contributed by atoms with Crippen molar-refractivity contribution < 1.29 is 13.2 Å². The van der Waals surface area contributed by atoms with Crippen molar-refractivity contribution in [1.29, 1.82) is 0 Å². The van der Waals surface area contributed by atoms with E-state index >= 15 is 0 Å². The number of benzene rings is 1. The summed E-state index contributed by atoms with van der Waals surface area (Å²) in [5, 5.41) is 0.244. The fourth-order valence-electron chi connectivity index (χ4n) is 3.30. The van der Waals surface area contributed by atoms with Gasteiger partial charge in [-0.2, -0.15) is 0 Å². The van der Waals surface area contributed by atoms with Crippen LogP contribution in [0.3, 0.4) is 0 Å². The fraction of sp³-hybridized carbons (Fsp3) is 0.500. The van der Waals surface area contributed by atoms with Crippen molar-refractivity contribution in [3.05, 3.63) is 19.3 Å². The second kappa shape index (κ2) is 4.39. The minimum absolute atomic E-state index is 0.143. The van der Waals surface area contributed by atoms with Crippen LogP contribution in [0.15, 0.2) is 17.0 Å². The first-order valence-electron chi connectivity index (χ1n) is 6.03. The first kappa shape index (κ1) is 13.4. The Kier molecular flexibility index (Phi) is 3.11. The molecular formula is C12H10I2O3S2. The topological polar surface area (TPSA) is 43.4 Å². The summed E-state index contributed by atoms with van der Waals surface area (Å²) in [4.78, 5) is 0.419. The van der Waals surface area contributed by atoms with E-state index in [0.29, 0.717) is 15.9 Å².